The highest BCUT2D eigenvalue weighted by Crippen LogP contribution is 2.41. The second-order valence-corrected chi connectivity index (χ2v) is 8.85. The van der Waals surface area contributed by atoms with Crippen LogP contribution in [0.2, 0.25) is 5.02 Å². The van der Waals surface area contributed by atoms with Gasteiger partial charge in [-0.3, -0.25) is 9.59 Å². The quantitative estimate of drug-likeness (QED) is 0.317. The Bertz CT molecular complexity index is 1250. The number of hydrogen-bond acceptors (Lipinski definition) is 4. The van der Waals surface area contributed by atoms with Crippen LogP contribution in [0.1, 0.15) is 52.2 Å². The van der Waals surface area contributed by atoms with Crippen molar-refractivity contribution in [2.24, 2.45) is 0 Å². The van der Waals surface area contributed by atoms with Gasteiger partial charge in [0.2, 0.25) is 0 Å². The van der Waals surface area contributed by atoms with Gasteiger partial charge in [-0.25, -0.2) is 0 Å². The van der Waals surface area contributed by atoms with E-state index < -0.39 is 23.6 Å². The van der Waals surface area contributed by atoms with E-state index in [0.717, 1.165) is 17.7 Å². The Hall–Kier alpha value is -3.52. The number of ether oxygens (including phenoxy) is 2. The van der Waals surface area contributed by atoms with E-state index >= 15 is 0 Å². The first-order chi connectivity index (χ1) is 17.1. The lowest BCUT2D eigenvalue weighted by Crippen LogP contribution is -2.20. The van der Waals surface area contributed by atoms with Crippen LogP contribution in [0.5, 0.6) is 17.2 Å². The van der Waals surface area contributed by atoms with Crippen LogP contribution in [0.4, 0.5) is 13.2 Å². The van der Waals surface area contributed by atoms with Crippen molar-refractivity contribution in [3.8, 4) is 17.2 Å². The number of Topliss-reactive ketones (excluding diaryl/α,β-unsaturated/α-hetero) is 1. The van der Waals surface area contributed by atoms with Crippen molar-refractivity contribution < 1.29 is 37.3 Å². The smallest absolute Gasteiger partial charge is 0.416 e. The van der Waals surface area contributed by atoms with Gasteiger partial charge in [-0.1, -0.05) is 23.7 Å². The molecule has 188 valence electrons. The van der Waals surface area contributed by atoms with Gasteiger partial charge < -0.3 is 14.6 Å². The van der Waals surface area contributed by atoms with Crippen LogP contribution in [0.3, 0.4) is 0 Å². The molecule has 1 aliphatic heterocycles. The van der Waals surface area contributed by atoms with Gasteiger partial charge in [0.05, 0.1) is 23.1 Å². The van der Waals surface area contributed by atoms with E-state index in [9.17, 15) is 27.9 Å². The lowest BCUT2D eigenvalue weighted by Gasteiger charge is -2.24. The maximum atomic E-state index is 12.7. The number of carbonyl (C=O) groups excluding carboxylic acids is 1. The molecule has 0 bridgehead atoms. The van der Waals surface area contributed by atoms with Gasteiger partial charge in [-0.15, -0.1) is 0 Å². The van der Waals surface area contributed by atoms with Crippen LogP contribution in [0.25, 0.3) is 0 Å². The van der Waals surface area contributed by atoms with Gasteiger partial charge in [-0.2, -0.15) is 13.2 Å². The molecule has 1 aliphatic rings. The predicted molar refractivity (Wildman–Crippen MR) is 127 cm³/mol. The van der Waals surface area contributed by atoms with Crippen LogP contribution >= 0.6 is 11.6 Å². The highest BCUT2D eigenvalue weighted by atomic mass is 35.5. The molecular formula is C27H22ClF3O5. The summed E-state index contributed by atoms with van der Waals surface area (Å²) in [6.07, 6.45) is -2.76. The van der Waals surface area contributed by atoms with E-state index in [-0.39, 0.29) is 23.8 Å². The number of halogens is 4. The van der Waals surface area contributed by atoms with E-state index in [4.69, 9.17) is 21.1 Å². The monoisotopic (exact) mass is 518 g/mol. The Balaban J connectivity index is 1.34. The van der Waals surface area contributed by atoms with Crippen LogP contribution < -0.4 is 9.47 Å². The van der Waals surface area contributed by atoms with Gasteiger partial charge in [0.15, 0.2) is 5.78 Å². The summed E-state index contributed by atoms with van der Waals surface area (Å²) in [4.78, 5) is 24.0. The van der Waals surface area contributed by atoms with E-state index in [1.165, 1.54) is 12.1 Å². The van der Waals surface area contributed by atoms with E-state index in [0.29, 0.717) is 47.6 Å². The zero-order valence-corrected chi connectivity index (χ0v) is 19.7. The Labute approximate surface area is 210 Å². The van der Waals surface area contributed by atoms with Gasteiger partial charge in [-0.05, 0) is 67.3 Å². The summed E-state index contributed by atoms with van der Waals surface area (Å²) in [5.41, 5.74) is 1.03. The molecule has 0 fully saturated rings. The largest absolute Gasteiger partial charge is 0.493 e. The van der Waals surface area contributed by atoms with E-state index in [1.54, 1.807) is 36.4 Å². The minimum absolute atomic E-state index is 0.0895. The van der Waals surface area contributed by atoms with Crippen molar-refractivity contribution in [1.29, 1.82) is 0 Å². The van der Waals surface area contributed by atoms with Crippen LogP contribution in [-0.2, 0) is 17.4 Å². The van der Waals surface area contributed by atoms with Gasteiger partial charge in [0.25, 0.3) is 0 Å². The Morgan fingerprint density at radius 3 is 2.39 bits per heavy atom. The molecule has 0 amide bonds. The van der Waals surface area contributed by atoms with Crippen molar-refractivity contribution >= 4 is 23.4 Å². The number of carboxylic acids is 1. The molecule has 9 heteroatoms. The average Bonchev–Trinajstić information content (AvgIpc) is 2.84. The van der Waals surface area contributed by atoms with Crippen LogP contribution in [0, 0.1) is 0 Å². The molecule has 0 saturated carbocycles. The molecule has 1 unspecified atom stereocenters. The first-order valence-electron chi connectivity index (χ1n) is 11.3. The van der Waals surface area contributed by atoms with Crippen LogP contribution in [0.15, 0.2) is 60.7 Å². The fourth-order valence-electron chi connectivity index (χ4n) is 4.02. The summed E-state index contributed by atoms with van der Waals surface area (Å²) < 4.78 is 49.4. The van der Waals surface area contributed by atoms with Gasteiger partial charge in [0.1, 0.15) is 17.2 Å². The van der Waals surface area contributed by atoms with Crippen molar-refractivity contribution in [3.63, 3.8) is 0 Å². The lowest BCUT2D eigenvalue weighted by atomic mass is 9.93. The molecule has 0 radical (unpaired) electrons. The molecule has 0 aliphatic carbocycles. The molecule has 3 aromatic carbocycles. The summed E-state index contributed by atoms with van der Waals surface area (Å²) in [6, 6.07) is 14.5. The number of alkyl halides is 3. The molecule has 1 N–H and O–H groups in total. The summed E-state index contributed by atoms with van der Waals surface area (Å²) in [6.45, 7) is 0.278. The predicted octanol–water partition coefficient (Wildman–Crippen LogP) is 7.31. The zero-order chi connectivity index (χ0) is 25.9. The molecule has 0 aromatic heterocycles. The third kappa shape index (κ3) is 5.99. The number of fused-ring (bicyclic) bond motifs is 1. The average molecular weight is 519 g/mol. The minimum atomic E-state index is -4.37. The highest BCUT2D eigenvalue weighted by Gasteiger charge is 2.30. The molecule has 1 heterocycles. The minimum Gasteiger partial charge on any atom is -0.493 e. The molecule has 4 rings (SSSR count). The molecular weight excluding hydrogens is 497 g/mol. The van der Waals surface area contributed by atoms with Crippen molar-refractivity contribution in [3.05, 3.63) is 87.9 Å². The zero-order valence-electron chi connectivity index (χ0n) is 19.0. The summed E-state index contributed by atoms with van der Waals surface area (Å²) in [5.74, 6) is -0.573. The van der Waals surface area contributed by atoms with Gasteiger partial charge in [0, 0.05) is 23.6 Å². The molecule has 1 atom stereocenters. The molecule has 3 aromatic rings. The fraction of sp³-hybridized carbons (Fsp3) is 0.259. The Morgan fingerprint density at radius 1 is 1.06 bits per heavy atom. The molecule has 5 nitrogen and oxygen atoms in total. The topological polar surface area (TPSA) is 72.8 Å². The number of aliphatic carboxylic acids is 1. The first-order valence-corrected chi connectivity index (χ1v) is 11.7. The van der Waals surface area contributed by atoms with Crippen molar-refractivity contribution in [1.82, 2.24) is 0 Å². The molecule has 0 spiro atoms. The Kier molecular flexibility index (Phi) is 7.54. The first kappa shape index (κ1) is 25.6. The highest BCUT2D eigenvalue weighted by molar-refractivity contribution is 6.32. The maximum absolute atomic E-state index is 12.7. The van der Waals surface area contributed by atoms with Crippen molar-refractivity contribution in [2.75, 3.05) is 6.61 Å². The number of ketones is 1. The standard InChI is InChI=1S/C27H22ClF3O5/c28-22-14-21-20(26(33)34)12-13-35-24(21)15-25(22)36-19-10-6-17(7-11-19)23(32)3-1-2-16-4-8-18(9-5-16)27(29,30)31/h4-11,14-15,20H,1-3,12-13H2,(H,33,34). The van der Waals surface area contributed by atoms with Crippen molar-refractivity contribution in [2.45, 2.75) is 37.8 Å². The molecule has 0 saturated heterocycles. The van der Waals surface area contributed by atoms with E-state index in [2.05, 4.69) is 0 Å². The SMILES string of the molecule is O=C(CCCc1ccc(C(F)(F)F)cc1)c1ccc(Oc2cc3c(cc2Cl)C(C(=O)O)CCO3)cc1. The van der Waals surface area contributed by atoms with Gasteiger partial charge >= 0.3 is 12.1 Å². The molecule has 36 heavy (non-hydrogen) atoms. The Morgan fingerprint density at radius 2 is 1.75 bits per heavy atom. The number of hydrogen-bond donors (Lipinski definition) is 1. The van der Waals surface area contributed by atoms with E-state index in [1.807, 2.05) is 0 Å². The second kappa shape index (κ2) is 10.6. The normalized spacial score (nSPS) is 15.1. The third-order valence-corrected chi connectivity index (χ3v) is 6.25. The number of carboxylic acid groups (broad SMARTS) is 1. The lowest BCUT2D eigenvalue weighted by molar-refractivity contribution is -0.139. The summed E-state index contributed by atoms with van der Waals surface area (Å²) >= 11 is 6.32. The summed E-state index contributed by atoms with van der Waals surface area (Å²) in [5, 5.41) is 9.65. The second-order valence-electron chi connectivity index (χ2n) is 8.45. The number of carbonyl (C=O) groups is 2. The number of benzene rings is 3. The maximum Gasteiger partial charge on any atom is 0.416 e. The number of aryl methyl sites for hydroxylation is 1. The number of rotatable bonds is 8. The summed E-state index contributed by atoms with van der Waals surface area (Å²) in [7, 11) is 0. The fourth-order valence-corrected chi connectivity index (χ4v) is 4.23. The third-order valence-electron chi connectivity index (χ3n) is 5.96. The van der Waals surface area contributed by atoms with Crippen LogP contribution in [-0.4, -0.2) is 23.5 Å².